The van der Waals surface area contributed by atoms with Gasteiger partial charge in [0.15, 0.2) is 6.61 Å². The van der Waals surface area contributed by atoms with Crippen LogP contribution >= 0.6 is 11.3 Å². The molecule has 8 heteroatoms. The van der Waals surface area contributed by atoms with Crippen molar-refractivity contribution in [2.24, 2.45) is 0 Å². The van der Waals surface area contributed by atoms with Crippen molar-refractivity contribution in [1.82, 2.24) is 9.62 Å². The van der Waals surface area contributed by atoms with Crippen LogP contribution < -0.4 is 10.1 Å². The lowest BCUT2D eigenvalue weighted by Gasteiger charge is -2.18. The third-order valence-electron chi connectivity index (χ3n) is 4.37. The number of carbonyl (C=O) groups excluding carboxylic acids is 1. The zero-order chi connectivity index (χ0) is 19.1. The molecule has 1 aromatic carbocycles. The monoisotopic (exact) mass is 408 g/mol. The molecule has 0 unspecified atom stereocenters. The molecule has 0 bridgehead atoms. The molecule has 2 heterocycles. The zero-order valence-corrected chi connectivity index (χ0v) is 16.7. The molecule has 146 valence electrons. The number of amides is 1. The lowest BCUT2D eigenvalue weighted by Crippen LogP contribution is -2.31. The molecule has 6 nitrogen and oxygen atoms in total. The summed E-state index contributed by atoms with van der Waals surface area (Å²) >= 11 is 1.21. The molecule has 1 aromatic heterocycles. The van der Waals surface area contributed by atoms with Crippen molar-refractivity contribution in [3.8, 4) is 5.75 Å². The van der Waals surface area contributed by atoms with E-state index in [-0.39, 0.29) is 19.1 Å². The van der Waals surface area contributed by atoms with Crippen LogP contribution in [0, 0.1) is 0 Å². The average Bonchev–Trinajstić information content (AvgIpc) is 2.99. The number of thiophene rings is 1. The van der Waals surface area contributed by atoms with Crippen LogP contribution in [0.5, 0.6) is 5.75 Å². The van der Waals surface area contributed by atoms with E-state index in [1.54, 1.807) is 28.6 Å². The molecule has 1 aliphatic rings. The molecule has 0 radical (unpaired) electrons. The molecule has 0 spiro atoms. The zero-order valence-electron chi connectivity index (χ0n) is 15.1. The minimum atomic E-state index is -3.43. The van der Waals surface area contributed by atoms with Crippen molar-refractivity contribution < 1.29 is 17.9 Å². The Kier molecular flexibility index (Phi) is 6.87. The fourth-order valence-electron chi connectivity index (χ4n) is 2.90. The van der Waals surface area contributed by atoms with Gasteiger partial charge in [-0.05, 0) is 37.1 Å². The Morgan fingerprint density at radius 2 is 1.74 bits per heavy atom. The van der Waals surface area contributed by atoms with Gasteiger partial charge in [0.1, 0.15) is 9.96 Å². The van der Waals surface area contributed by atoms with Gasteiger partial charge in [0.2, 0.25) is 0 Å². The topological polar surface area (TPSA) is 75.7 Å². The fraction of sp³-hybridized carbons (Fsp3) is 0.421. The van der Waals surface area contributed by atoms with E-state index in [9.17, 15) is 13.2 Å². The van der Waals surface area contributed by atoms with Crippen molar-refractivity contribution in [2.75, 3.05) is 19.7 Å². The maximum absolute atomic E-state index is 12.8. The molecule has 1 fully saturated rings. The van der Waals surface area contributed by atoms with E-state index >= 15 is 0 Å². The molecule has 0 saturated carbocycles. The first kappa shape index (κ1) is 19.9. The summed E-state index contributed by atoms with van der Waals surface area (Å²) < 4.78 is 32.9. The number of nitrogens with one attached hydrogen (secondary N) is 1. The van der Waals surface area contributed by atoms with Crippen LogP contribution in [0.2, 0.25) is 0 Å². The molecular weight excluding hydrogens is 384 g/mol. The molecule has 27 heavy (non-hydrogen) atoms. The largest absolute Gasteiger partial charge is 0.484 e. The Morgan fingerprint density at radius 1 is 1.04 bits per heavy atom. The molecular formula is C19H24N2O4S2. The van der Waals surface area contributed by atoms with Crippen molar-refractivity contribution in [3.63, 3.8) is 0 Å². The highest BCUT2D eigenvalue weighted by Gasteiger charge is 2.26. The lowest BCUT2D eigenvalue weighted by molar-refractivity contribution is -0.123. The average molecular weight is 409 g/mol. The molecule has 3 rings (SSSR count). The number of rotatable bonds is 7. The molecule has 0 atom stereocenters. The molecule has 1 N–H and O–H groups in total. The van der Waals surface area contributed by atoms with Gasteiger partial charge in [-0.25, -0.2) is 8.42 Å². The fourth-order valence-corrected chi connectivity index (χ4v) is 5.87. The maximum Gasteiger partial charge on any atom is 0.258 e. The number of carbonyl (C=O) groups is 1. The highest BCUT2D eigenvalue weighted by molar-refractivity contribution is 7.91. The van der Waals surface area contributed by atoms with Gasteiger partial charge in [0.25, 0.3) is 15.9 Å². The Morgan fingerprint density at radius 3 is 2.44 bits per heavy atom. The van der Waals surface area contributed by atoms with Crippen LogP contribution in [0.15, 0.2) is 46.7 Å². The van der Waals surface area contributed by atoms with Crippen LogP contribution in [0.25, 0.3) is 0 Å². The SMILES string of the molecule is O=C(COc1ccccc1)NCc1ccc(S(=O)(=O)N2CCCCCC2)s1. The van der Waals surface area contributed by atoms with Crippen molar-refractivity contribution in [3.05, 3.63) is 47.3 Å². The van der Waals surface area contributed by atoms with Crippen molar-refractivity contribution in [1.29, 1.82) is 0 Å². The van der Waals surface area contributed by atoms with Crippen LogP contribution in [-0.4, -0.2) is 38.3 Å². The number of benzene rings is 1. The maximum atomic E-state index is 12.8. The van der Waals surface area contributed by atoms with Crippen LogP contribution in [0.1, 0.15) is 30.6 Å². The smallest absolute Gasteiger partial charge is 0.258 e. The molecule has 1 aliphatic heterocycles. The van der Waals surface area contributed by atoms with Gasteiger partial charge >= 0.3 is 0 Å². The highest BCUT2D eigenvalue weighted by atomic mass is 32.2. The minimum absolute atomic E-state index is 0.0751. The first-order chi connectivity index (χ1) is 13.1. The standard InChI is InChI=1S/C19H24N2O4S2/c22-18(15-25-16-8-4-3-5-9-16)20-14-17-10-11-19(26-17)27(23,24)21-12-6-1-2-7-13-21/h3-5,8-11H,1-2,6-7,12-15H2,(H,20,22). The molecule has 1 amide bonds. The summed E-state index contributed by atoms with van der Waals surface area (Å²) in [5, 5.41) is 2.76. The normalized spacial score (nSPS) is 15.9. The van der Waals surface area contributed by atoms with Crippen LogP contribution in [0.4, 0.5) is 0 Å². The van der Waals surface area contributed by atoms with E-state index in [0.717, 1.165) is 30.6 Å². The number of hydrogen-bond donors (Lipinski definition) is 1. The van der Waals surface area contributed by atoms with Gasteiger partial charge in [0, 0.05) is 18.0 Å². The summed E-state index contributed by atoms with van der Waals surface area (Å²) in [5.74, 6) is 0.388. The number of hydrogen-bond acceptors (Lipinski definition) is 5. The third kappa shape index (κ3) is 5.54. The van der Waals surface area contributed by atoms with Gasteiger partial charge < -0.3 is 10.1 Å². The van der Waals surface area contributed by atoms with E-state index in [1.807, 2.05) is 18.2 Å². The predicted molar refractivity (Wildman–Crippen MR) is 105 cm³/mol. The van der Waals surface area contributed by atoms with Crippen molar-refractivity contribution in [2.45, 2.75) is 36.4 Å². The summed E-state index contributed by atoms with van der Waals surface area (Å²) in [6.07, 6.45) is 3.99. The van der Waals surface area contributed by atoms with Gasteiger partial charge in [-0.3, -0.25) is 4.79 Å². The van der Waals surface area contributed by atoms with E-state index in [4.69, 9.17) is 4.74 Å². The van der Waals surface area contributed by atoms with Crippen molar-refractivity contribution >= 4 is 27.3 Å². The number of sulfonamides is 1. The van der Waals surface area contributed by atoms with Crippen LogP contribution in [0.3, 0.4) is 0 Å². The van der Waals surface area contributed by atoms with E-state index in [0.29, 0.717) is 23.0 Å². The quantitative estimate of drug-likeness (QED) is 0.764. The summed E-state index contributed by atoms with van der Waals surface area (Å²) in [7, 11) is -3.43. The van der Waals surface area contributed by atoms with Gasteiger partial charge in [0.05, 0.1) is 6.54 Å². The Hall–Kier alpha value is -1.90. The van der Waals surface area contributed by atoms with Gasteiger partial charge in [-0.1, -0.05) is 31.0 Å². The Labute approximate surface area is 164 Å². The van der Waals surface area contributed by atoms with E-state index in [1.165, 1.54) is 11.3 Å². The highest BCUT2D eigenvalue weighted by Crippen LogP contribution is 2.26. The summed E-state index contributed by atoms with van der Waals surface area (Å²) in [6.45, 7) is 1.39. The van der Waals surface area contributed by atoms with Gasteiger partial charge in [-0.2, -0.15) is 4.31 Å². The number of para-hydroxylation sites is 1. The first-order valence-corrected chi connectivity index (χ1v) is 11.3. The van der Waals surface area contributed by atoms with E-state index < -0.39 is 10.0 Å². The summed E-state index contributed by atoms with van der Waals surface area (Å²) in [5.41, 5.74) is 0. The summed E-state index contributed by atoms with van der Waals surface area (Å²) in [6, 6.07) is 12.5. The first-order valence-electron chi connectivity index (χ1n) is 9.09. The van der Waals surface area contributed by atoms with E-state index in [2.05, 4.69) is 5.32 Å². The lowest BCUT2D eigenvalue weighted by atomic mass is 10.2. The predicted octanol–water partition coefficient (Wildman–Crippen LogP) is 3.01. The second kappa shape index (κ2) is 9.34. The Bertz CT molecular complexity index is 842. The van der Waals surface area contributed by atoms with Gasteiger partial charge in [-0.15, -0.1) is 11.3 Å². The number of nitrogens with zero attached hydrogens (tertiary/aromatic N) is 1. The molecule has 1 saturated heterocycles. The minimum Gasteiger partial charge on any atom is -0.484 e. The molecule has 0 aliphatic carbocycles. The summed E-state index contributed by atoms with van der Waals surface area (Å²) in [4.78, 5) is 12.7. The van der Waals surface area contributed by atoms with Crippen LogP contribution in [-0.2, 0) is 21.4 Å². The number of ether oxygens (including phenoxy) is 1. The second-order valence-corrected chi connectivity index (χ2v) is 9.75. The second-order valence-electron chi connectivity index (χ2n) is 6.42. The Balaban J connectivity index is 1.52. The third-order valence-corrected chi connectivity index (χ3v) is 7.82. The molecule has 2 aromatic rings.